The van der Waals surface area contributed by atoms with Crippen LogP contribution in [0.4, 0.5) is 0 Å². The zero-order valence-corrected chi connectivity index (χ0v) is 15.1. The summed E-state index contributed by atoms with van der Waals surface area (Å²) in [5, 5.41) is 0. The zero-order valence-electron chi connectivity index (χ0n) is 13.5. The standard InChI is InChI=1S/C17H20BrNO5/c1-2-23-16(21)12-6-8-19(9-7-12)15(20)11-24-17(22)13-4-3-5-14(18)10-13/h3-5,10,12H,2,6-9,11H2,1H3. The van der Waals surface area contributed by atoms with Gasteiger partial charge in [0.25, 0.3) is 5.91 Å². The maximum atomic E-state index is 12.1. The lowest BCUT2D eigenvalue weighted by atomic mass is 9.97. The van der Waals surface area contributed by atoms with Gasteiger partial charge in [-0.15, -0.1) is 0 Å². The third-order valence-electron chi connectivity index (χ3n) is 3.85. The molecule has 2 rings (SSSR count). The molecule has 1 aromatic rings. The quantitative estimate of drug-likeness (QED) is 0.713. The van der Waals surface area contributed by atoms with Crippen LogP contribution < -0.4 is 0 Å². The van der Waals surface area contributed by atoms with Crippen LogP contribution in [0, 0.1) is 5.92 Å². The van der Waals surface area contributed by atoms with E-state index in [2.05, 4.69) is 15.9 Å². The molecule has 1 heterocycles. The summed E-state index contributed by atoms with van der Waals surface area (Å²) in [6.45, 7) is 2.78. The summed E-state index contributed by atoms with van der Waals surface area (Å²) in [6.07, 6.45) is 1.15. The van der Waals surface area contributed by atoms with Crippen molar-refractivity contribution in [3.05, 3.63) is 34.3 Å². The minimum atomic E-state index is -0.536. The van der Waals surface area contributed by atoms with Crippen LogP contribution in [-0.4, -0.2) is 49.0 Å². The molecule has 1 aliphatic rings. The Hall–Kier alpha value is -1.89. The molecule has 0 spiro atoms. The minimum Gasteiger partial charge on any atom is -0.466 e. The average Bonchev–Trinajstić information content (AvgIpc) is 2.59. The average molecular weight is 398 g/mol. The van der Waals surface area contributed by atoms with Gasteiger partial charge in [-0.05, 0) is 38.0 Å². The Bertz CT molecular complexity index is 611. The first-order chi connectivity index (χ1) is 11.5. The van der Waals surface area contributed by atoms with Crippen molar-refractivity contribution in [2.75, 3.05) is 26.3 Å². The molecule has 24 heavy (non-hydrogen) atoms. The summed E-state index contributed by atoms with van der Waals surface area (Å²) in [7, 11) is 0. The Kier molecular flexibility index (Phi) is 6.78. The van der Waals surface area contributed by atoms with Crippen LogP contribution in [-0.2, 0) is 19.1 Å². The second kappa shape index (κ2) is 8.82. The van der Waals surface area contributed by atoms with E-state index >= 15 is 0 Å². The number of carbonyl (C=O) groups excluding carboxylic acids is 3. The number of piperidine rings is 1. The summed E-state index contributed by atoms with van der Waals surface area (Å²) < 4.78 is 10.8. The molecule has 1 aromatic carbocycles. The number of hydrogen-bond acceptors (Lipinski definition) is 5. The molecule has 1 aliphatic heterocycles. The van der Waals surface area contributed by atoms with Gasteiger partial charge in [0.2, 0.25) is 0 Å². The highest BCUT2D eigenvalue weighted by molar-refractivity contribution is 9.10. The van der Waals surface area contributed by atoms with Crippen molar-refractivity contribution in [3.63, 3.8) is 0 Å². The number of carbonyl (C=O) groups is 3. The van der Waals surface area contributed by atoms with Crippen molar-refractivity contribution >= 4 is 33.8 Å². The van der Waals surface area contributed by atoms with E-state index in [0.717, 1.165) is 4.47 Å². The molecular weight excluding hydrogens is 378 g/mol. The predicted octanol–water partition coefficient (Wildman–Crippen LogP) is 2.41. The molecule has 0 aliphatic carbocycles. The number of amides is 1. The number of nitrogens with zero attached hydrogens (tertiary/aromatic N) is 1. The van der Waals surface area contributed by atoms with Gasteiger partial charge in [0, 0.05) is 17.6 Å². The fraction of sp³-hybridized carbons (Fsp3) is 0.471. The molecule has 6 nitrogen and oxygen atoms in total. The van der Waals surface area contributed by atoms with Gasteiger partial charge in [-0.25, -0.2) is 4.79 Å². The molecule has 0 N–H and O–H groups in total. The smallest absolute Gasteiger partial charge is 0.338 e. The first kappa shape index (κ1) is 18.4. The predicted molar refractivity (Wildman–Crippen MR) is 90.4 cm³/mol. The fourth-order valence-corrected chi connectivity index (χ4v) is 2.94. The molecule has 1 fully saturated rings. The Morgan fingerprint density at radius 1 is 1.21 bits per heavy atom. The Labute approximate surface area is 149 Å². The molecule has 0 unspecified atom stereocenters. The third kappa shape index (κ3) is 5.06. The monoisotopic (exact) mass is 397 g/mol. The lowest BCUT2D eigenvalue weighted by molar-refractivity contribution is -0.151. The van der Waals surface area contributed by atoms with Gasteiger partial charge in [-0.3, -0.25) is 9.59 Å². The van der Waals surface area contributed by atoms with Gasteiger partial charge in [0.1, 0.15) is 0 Å². The minimum absolute atomic E-state index is 0.154. The number of rotatable bonds is 5. The summed E-state index contributed by atoms with van der Waals surface area (Å²) in [4.78, 5) is 37.3. The lowest BCUT2D eigenvalue weighted by Crippen LogP contribution is -2.42. The molecular formula is C17H20BrNO5. The van der Waals surface area contributed by atoms with Crippen molar-refractivity contribution in [1.82, 2.24) is 4.90 Å². The van der Waals surface area contributed by atoms with E-state index in [9.17, 15) is 14.4 Å². The van der Waals surface area contributed by atoms with Crippen molar-refractivity contribution in [3.8, 4) is 0 Å². The Morgan fingerprint density at radius 2 is 1.92 bits per heavy atom. The van der Waals surface area contributed by atoms with Crippen molar-refractivity contribution in [1.29, 1.82) is 0 Å². The molecule has 0 bridgehead atoms. The highest BCUT2D eigenvalue weighted by Gasteiger charge is 2.28. The van der Waals surface area contributed by atoms with Crippen molar-refractivity contribution in [2.45, 2.75) is 19.8 Å². The van der Waals surface area contributed by atoms with Gasteiger partial charge < -0.3 is 14.4 Å². The molecule has 0 saturated carbocycles. The van der Waals surface area contributed by atoms with E-state index in [0.29, 0.717) is 38.1 Å². The Balaban J connectivity index is 1.77. The molecule has 130 valence electrons. The first-order valence-electron chi connectivity index (χ1n) is 7.88. The van der Waals surface area contributed by atoms with E-state index < -0.39 is 5.97 Å². The summed E-state index contributed by atoms with van der Waals surface area (Å²) >= 11 is 3.28. The second-order valence-electron chi connectivity index (χ2n) is 5.49. The maximum Gasteiger partial charge on any atom is 0.338 e. The Morgan fingerprint density at radius 3 is 2.54 bits per heavy atom. The first-order valence-corrected chi connectivity index (χ1v) is 8.67. The third-order valence-corrected chi connectivity index (χ3v) is 4.35. The van der Waals surface area contributed by atoms with Gasteiger partial charge in [0.15, 0.2) is 6.61 Å². The van der Waals surface area contributed by atoms with E-state index in [-0.39, 0.29) is 24.4 Å². The highest BCUT2D eigenvalue weighted by atomic mass is 79.9. The number of ether oxygens (including phenoxy) is 2. The number of likely N-dealkylation sites (tertiary alicyclic amines) is 1. The van der Waals surface area contributed by atoms with Crippen molar-refractivity contribution in [2.24, 2.45) is 5.92 Å². The number of hydrogen-bond donors (Lipinski definition) is 0. The molecule has 1 amide bonds. The fourth-order valence-electron chi connectivity index (χ4n) is 2.54. The van der Waals surface area contributed by atoms with Crippen LogP contribution in [0.25, 0.3) is 0 Å². The van der Waals surface area contributed by atoms with Gasteiger partial charge in [0.05, 0.1) is 18.1 Å². The molecule has 0 atom stereocenters. The van der Waals surface area contributed by atoms with Crippen LogP contribution in [0.3, 0.4) is 0 Å². The number of benzene rings is 1. The van der Waals surface area contributed by atoms with Crippen LogP contribution in [0.1, 0.15) is 30.1 Å². The van der Waals surface area contributed by atoms with Gasteiger partial charge in [-0.1, -0.05) is 22.0 Å². The highest BCUT2D eigenvalue weighted by Crippen LogP contribution is 2.19. The number of halogens is 1. The molecule has 0 aromatic heterocycles. The van der Waals surface area contributed by atoms with Crippen LogP contribution in [0.2, 0.25) is 0 Å². The van der Waals surface area contributed by atoms with Gasteiger partial charge >= 0.3 is 11.9 Å². The van der Waals surface area contributed by atoms with Gasteiger partial charge in [-0.2, -0.15) is 0 Å². The van der Waals surface area contributed by atoms with E-state index in [4.69, 9.17) is 9.47 Å². The van der Waals surface area contributed by atoms with Crippen LogP contribution in [0.15, 0.2) is 28.7 Å². The number of esters is 2. The van der Waals surface area contributed by atoms with Crippen LogP contribution >= 0.6 is 15.9 Å². The zero-order chi connectivity index (χ0) is 17.5. The topological polar surface area (TPSA) is 72.9 Å². The summed E-state index contributed by atoms with van der Waals surface area (Å²) in [6, 6.07) is 6.79. The maximum absolute atomic E-state index is 12.1. The van der Waals surface area contributed by atoms with E-state index in [1.807, 2.05) is 0 Å². The van der Waals surface area contributed by atoms with Crippen molar-refractivity contribution < 1.29 is 23.9 Å². The molecule has 7 heteroatoms. The summed E-state index contributed by atoms with van der Waals surface area (Å²) in [5.74, 6) is -1.14. The largest absolute Gasteiger partial charge is 0.466 e. The summed E-state index contributed by atoms with van der Waals surface area (Å²) in [5.41, 5.74) is 0.387. The molecule has 1 saturated heterocycles. The SMILES string of the molecule is CCOC(=O)C1CCN(C(=O)COC(=O)c2cccc(Br)c2)CC1. The normalized spacial score (nSPS) is 15.0. The second-order valence-corrected chi connectivity index (χ2v) is 6.41. The van der Waals surface area contributed by atoms with E-state index in [1.165, 1.54) is 0 Å². The van der Waals surface area contributed by atoms with Crippen LogP contribution in [0.5, 0.6) is 0 Å². The molecule has 0 radical (unpaired) electrons. The lowest BCUT2D eigenvalue weighted by Gasteiger charge is -2.30. The van der Waals surface area contributed by atoms with E-state index in [1.54, 1.807) is 36.1 Å².